The molecule has 0 unspecified atom stereocenters. The van der Waals surface area contributed by atoms with Crippen molar-refractivity contribution >= 4 is 34.6 Å². The van der Waals surface area contributed by atoms with Crippen LogP contribution in [0.4, 0.5) is 5.69 Å². The molecule has 2 heterocycles. The Kier molecular flexibility index (Phi) is 10.7. The smallest absolute Gasteiger partial charge is 0.477 e. The number of thiophene rings is 1. The van der Waals surface area contributed by atoms with Crippen LogP contribution in [0.5, 0.6) is 0 Å². The Balaban J connectivity index is 0.00000320. The number of ether oxygens (including phenoxy) is 1. The van der Waals surface area contributed by atoms with Crippen LogP contribution in [-0.2, 0) is 31.1 Å². The molecule has 30 heavy (non-hydrogen) atoms. The van der Waals surface area contributed by atoms with Crippen LogP contribution in [0.15, 0.2) is 36.4 Å². The van der Waals surface area contributed by atoms with Gasteiger partial charge in [0.15, 0.2) is 0 Å². The van der Waals surface area contributed by atoms with Crippen molar-refractivity contribution in [3.8, 4) is 0 Å². The summed E-state index contributed by atoms with van der Waals surface area (Å²) < 4.78 is 5.90. The summed E-state index contributed by atoms with van der Waals surface area (Å²) in [5.41, 5.74) is 2.45. The van der Waals surface area contributed by atoms with Gasteiger partial charge < -0.3 is 14.7 Å². The number of carboxylic acids is 1. The molecule has 1 aromatic heterocycles. The van der Waals surface area contributed by atoms with Gasteiger partial charge in [0, 0.05) is 17.1 Å². The molecule has 3 rings (SSSR count). The second kappa shape index (κ2) is 12.7. The molecular weight excluding hydrogens is 596 g/mol. The van der Waals surface area contributed by atoms with Gasteiger partial charge in [0.2, 0.25) is 0 Å². The summed E-state index contributed by atoms with van der Waals surface area (Å²) in [7, 11) is 0. The summed E-state index contributed by atoms with van der Waals surface area (Å²) in [5.74, 6) is -0.893. The van der Waals surface area contributed by atoms with E-state index in [9.17, 15) is 4.79 Å². The van der Waals surface area contributed by atoms with Crippen molar-refractivity contribution in [2.24, 2.45) is 0 Å². The van der Waals surface area contributed by atoms with Crippen molar-refractivity contribution in [3.63, 3.8) is 0 Å². The number of carbonyl (C=O) groups is 1. The molecule has 1 aliphatic heterocycles. The number of hydrogen-bond acceptors (Lipinski definition) is 4. The van der Waals surface area contributed by atoms with Gasteiger partial charge in [-0.1, -0.05) is 44.7 Å². The number of anilines is 1. The molecule has 4 nitrogen and oxygen atoms in total. The summed E-state index contributed by atoms with van der Waals surface area (Å²) >= 11 is 7.83. The summed E-state index contributed by atoms with van der Waals surface area (Å²) in [5, 5.41) is 9.08. The van der Waals surface area contributed by atoms with E-state index < -0.39 is 5.97 Å². The molecule has 0 bridgehead atoms. The minimum absolute atomic E-state index is 0. The van der Waals surface area contributed by atoms with E-state index >= 15 is 0 Å². The molecule has 0 spiro atoms. The first-order valence-electron chi connectivity index (χ1n) is 10.3. The molecule has 1 aliphatic rings. The van der Waals surface area contributed by atoms with Crippen molar-refractivity contribution in [1.82, 2.24) is 0 Å². The predicted octanol–water partition coefficient (Wildman–Crippen LogP) is 5.98. The van der Waals surface area contributed by atoms with Crippen LogP contribution >= 0.6 is 22.9 Å². The van der Waals surface area contributed by atoms with Crippen molar-refractivity contribution < 1.29 is 34.4 Å². The third kappa shape index (κ3) is 6.99. The number of halogens is 1. The molecule has 1 N–H and O–H groups in total. The van der Waals surface area contributed by atoms with Crippen LogP contribution in [-0.4, -0.2) is 35.6 Å². The number of benzene rings is 1. The zero-order chi connectivity index (χ0) is 20.6. The van der Waals surface area contributed by atoms with E-state index in [1.807, 2.05) is 6.07 Å². The van der Waals surface area contributed by atoms with Crippen LogP contribution in [0.3, 0.4) is 0 Å². The Morgan fingerprint density at radius 1 is 1.27 bits per heavy atom. The first-order chi connectivity index (χ1) is 14.1. The number of alkyl halides is 1. The summed E-state index contributed by atoms with van der Waals surface area (Å²) in [6, 6.07) is 12.3. The number of rotatable bonds is 11. The zero-order valence-corrected chi connectivity index (χ0v) is 21.3. The molecular formula is C23H29ClNO3OsS. The minimum Gasteiger partial charge on any atom is -0.477 e. The van der Waals surface area contributed by atoms with Crippen molar-refractivity contribution in [1.29, 1.82) is 0 Å². The van der Waals surface area contributed by atoms with Gasteiger partial charge in [-0.15, -0.1) is 22.9 Å². The van der Waals surface area contributed by atoms with Gasteiger partial charge in [-0.25, -0.2) is 4.79 Å². The molecule has 0 aliphatic carbocycles. The molecule has 2 atom stereocenters. The van der Waals surface area contributed by atoms with Crippen molar-refractivity contribution in [3.05, 3.63) is 58.1 Å². The number of nitrogens with zero attached hydrogens (tertiary/aromatic N) is 1. The minimum atomic E-state index is -0.893. The van der Waals surface area contributed by atoms with Gasteiger partial charge in [-0.05, 0) is 18.6 Å². The fraction of sp³-hybridized carbons (Fsp3) is 0.478. The standard InChI is InChI=1S/C23H29ClNO3S.Os/c1-2-3-4-5-6-17-7-9-18(10-8-17)25-14-13-20(24)21(25)16-28-15-19-11-12-22(29-19)23(26)27;/h6-12,20-21H,2-5,13-16H2,1H3,(H,26,27);/q-1;+1/t20-,21+;/m1./s1. The Morgan fingerprint density at radius 3 is 2.70 bits per heavy atom. The molecule has 1 radical (unpaired) electrons. The maximum Gasteiger partial charge on any atom is 1.00 e. The third-order valence-corrected chi connectivity index (χ3v) is 6.84. The molecule has 0 saturated carbocycles. The topological polar surface area (TPSA) is 49.8 Å². The first kappa shape index (κ1) is 25.2. The van der Waals surface area contributed by atoms with E-state index in [-0.39, 0.29) is 31.2 Å². The maximum absolute atomic E-state index is 11.0. The SMILES string of the molecule is CCCCC[CH-]c1ccc(N2CC[C@@H](Cl)[C@@H]2COCc2ccc(C(=O)O)s2)cc1.[Os+]. The van der Waals surface area contributed by atoms with E-state index in [1.54, 1.807) is 6.07 Å². The van der Waals surface area contributed by atoms with Crippen molar-refractivity contribution in [2.45, 2.75) is 57.1 Å². The summed E-state index contributed by atoms with van der Waals surface area (Å²) in [6.45, 7) is 4.09. The molecule has 1 saturated heterocycles. The predicted molar refractivity (Wildman–Crippen MR) is 120 cm³/mol. The van der Waals surface area contributed by atoms with E-state index in [0.29, 0.717) is 18.1 Å². The Labute approximate surface area is 201 Å². The van der Waals surface area contributed by atoms with Gasteiger partial charge in [-0.3, -0.25) is 0 Å². The first-order valence-corrected chi connectivity index (χ1v) is 11.6. The van der Waals surface area contributed by atoms with Gasteiger partial charge in [-0.2, -0.15) is 24.1 Å². The molecule has 1 aromatic carbocycles. The van der Waals surface area contributed by atoms with Crippen LogP contribution in [0.1, 0.15) is 59.1 Å². The van der Waals surface area contributed by atoms with Crippen LogP contribution in [0.25, 0.3) is 0 Å². The molecule has 7 heteroatoms. The monoisotopic (exact) mass is 626 g/mol. The van der Waals surface area contributed by atoms with E-state index in [1.165, 1.54) is 41.9 Å². The second-order valence-electron chi connectivity index (χ2n) is 7.44. The number of hydrogen-bond donors (Lipinski definition) is 1. The van der Waals surface area contributed by atoms with Gasteiger partial charge in [0.05, 0.1) is 24.6 Å². The quantitative estimate of drug-likeness (QED) is 0.190. The Hall–Kier alpha value is -1.05. The van der Waals surface area contributed by atoms with Gasteiger partial charge in [0.25, 0.3) is 0 Å². The average Bonchev–Trinajstić information content (AvgIpc) is 3.33. The Morgan fingerprint density at radius 2 is 2.03 bits per heavy atom. The fourth-order valence-corrected chi connectivity index (χ4v) is 4.74. The maximum atomic E-state index is 11.0. The van der Waals surface area contributed by atoms with E-state index in [0.717, 1.165) is 24.3 Å². The van der Waals surface area contributed by atoms with Crippen LogP contribution in [0.2, 0.25) is 0 Å². The summed E-state index contributed by atoms with van der Waals surface area (Å²) in [6.07, 6.45) is 8.14. The van der Waals surface area contributed by atoms with Crippen LogP contribution in [0, 0.1) is 6.42 Å². The van der Waals surface area contributed by atoms with Gasteiger partial charge in [0.1, 0.15) is 4.88 Å². The van der Waals surface area contributed by atoms with E-state index in [4.69, 9.17) is 21.4 Å². The third-order valence-electron chi connectivity index (χ3n) is 5.28. The molecule has 0 amide bonds. The molecule has 165 valence electrons. The number of carboxylic acid groups (broad SMARTS) is 1. The van der Waals surface area contributed by atoms with Gasteiger partial charge >= 0.3 is 25.8 Å². The molecule has 1 fully saturated rings. The largest absolute Gasteiger partial charge is 1.00 e. The summed E-state index contributed by atoms with van der Waals surface area (Å²) in [4.78, 5) is 14.6. The van der Waals surface area contributed by atoms with Crippen LogP contribution < -0.4 is 4.90 Å². The zero-order valence-electron chi connectivity index (χ0n) is 17.2. The normalized spacial score (nSPS) is 18.3. The molecule has 2 aromatic rings. The average molecular weight is 625 g/mol. The second-order valence-corrected chi connectivity index (χ2v) is 9.17. The number of unbranched alkanes of at least 4 members (excludes halogenated alkanes) is 3. The number of aromatic carboxylic acids is 1. The van der Waals surface area contributed by atoms with Crippen molar-refractivity contribution in [2.75, 3.05) is 18.1 Å². The fourth-order valence-electron chi connectivity index (χ4n) is 3.65. The Bertz CT molecular complexity index is 783. The van der Waals surface area contributed by atoms with E-state index in [2.05, 4.69) is 42.5 Å².